The lowest BCUT2D eigenvalue weighted by Gasteiger charge is -2.21. The summed E-state index contributed by atoms with van der Waals surface area (Å²) in [6.45, 7) is 4.56. The van der Waals surface area contributed by atoms with Crippen LogP contribution >= 0.6 is 15.6 Å². The number of carbonyl (C=O) groups is 4. The Labute approximate surface area is 607 Å². The first-order valence-electron chi connectivity index (χ1n) is 39.1. The van der Waals surface area contributed by atoms with Crippen molar-refractivity contribution in [1.29, 1.82) is 0 Å². The van der Waals surface area contributed by atoms with E-state index < -0.39 is 97.5 Å². The molecule has 3 N–H and O–H groups in total. The molecule has 17 nitrogen and oxygen atoms in total. The first kappa shape index (κ1) is 95.7. The maximum absolute atomic E-state index is 13.1. The Morgan fingerprint density at radius 3 is 0.830 bits per heavy atom. The molecular weight excluding hydrogens is 1310 g/mol. The first-order valence-corrected chi connectivity index (χ1v) is 42.1. The molecule has 5 atom stereocenters. The summed E-state index contributed by atoms with van der Waals surface area (Å²) in [5.74, 6) is -2.27. The number of phosphoric ester groups is 2. The van der Waals surface area contributed by atoms with E-state index in [4.69, 9.17) is 37.0 Å². The number of esters is 4. The van der Waals surface area contributed by atoms with E-state index in [0.717, 1.165) is 135 Å². The third kappa shape index (κ3) is 72.1. The lowest BCUT2D eigenvalue weighted by molar-refractivity contribution is -0.161. The molecule has 0 bridgehead atoms. The molecule has 5 unspecified atom stereocenters. The van der Waals surface area contributed by atoms with Gasteiger partial charge in [-0.05, 0) is 128 Å². The van der Waals surface area contributed by atoms with Gasteiger partial charge in [-0.2, -0.15) is 0 Å². The number of phosphoric acid groups is 2. The summed E-state index contributed by atoms with van der Waals surface area (Å²) in [5.41, 5.74) is 0. The predicted octanol–water partition coefficient (Wildman–Crippen LogP) is 22.6. The molecule has 0 aromatic carbocycles. The van der Waals surface area contributed by atoms with Gasteiger partial charge in [-0.1, -0.05) is 278 Å². The quantitative estimate of drug-likeness (QED) is 0.0169. The largest absolute Gasteiger partial charge is 0.472 e. The van der Waals surface area contributed by atoms with Crippen molar-refractivity contribution < 1.29 is 80.2 Å². The van der Waals surface area contributed by atoms with Crippen LogP contribution in [0.5, 0.6) is 0 Å². The minimum atomic E-state index is -5.00. The number of hydrogen-bond donors (Lipinski definition) is 3. The van der Waals surface area contributed by atoms with E-state index in [2.05, 4.69) is 137 Å². The maximum atomic E-state index is 13.1. The molecule has 0 amide bonds. The van der Waals surface area contributed by atoms with Crippen molar-refractivity contribution in [2.45, 2.75) is 341 Å². The van der Waals surface area contributed by atoms with E-state index in [0.29, 0.717) is 32.1 Å². The van der Waals surface area contributed by atoms with E-state index in [1.165, 1.54) is 103 Å². The molecule has 0 saturated heterocycles. The van der Waals surface area contributed by atoms with Gasteiger partial charge in [-0.15, -0.1) is 0 Å². The second kappa shape index (κ2) is 73.0. The van der Waals surface area contributed by atoms with E-state index in [9.17, 15) is 43.2 Å². The fraction of sp³-hybridized carbons (Fsp3) is 0.728. The molecule has 0 fully saturated rings. The van der Waals surface area contributed by atoms with Gasteiger partial charge in [0.25, 0.3) is 0 Å². The van der Waals surface area contributed by atoms with E-state index in [1.807, 2.05) is 0 Å². The predicted molar refractivity (Wildman–Crippen MR) is 408 cm³/mol. The fourth-order valence-electron chi connectivity index (χ4n) is 10.3. The Balaban J connectivity index is 5.42. The molecule has 0 heterocycles. The topological polar surface area (TPSA) is 237 Å². The zero-order valence-corrected chi connectivity index (χ0v) is 64.6. The number of carbonyl (C=O) groups excluding carboxylic acids is 4. The summed E-state index contributed by atoms with van der Waals surface area (Å²) >= 11 is 0. The Morgan fingerprint density at radius 1 is 0.290 bits per heavy atom. The second-order valence-corrected chi connectivity index (χ2v) is 28.8. The van der Waals surface area contributed by atoms with Crippen molar-refractivity contribution in [3.05, 3.63) is 109 Å². The van der Waals surface area contributed by atoms with Crippen LogP contribution in [0.1, 0.15) is 323 Å². The molecule has 0 aromatic heterocycles. The van der Waals surface area contributed by atoms with E-state index in [1.54, 1.807) is 0 Å². The normalized spacial score (nSPS) is 14.5. The van der Waals surface area contributed by atoms with Crippen LogP contribution in [0.25, 0.3) is 0 Å². The molecule has 100 heavy (non-hydrogen) atoms. The molecule has 19 heteroatoms. The summed E-state index contributed by atoms with van der Waals surface area (Å²) in [6, 6.07) is 0. The van der Waals surface area contributed by atoms with Gasteiger partial charge in [-0.3, -0.25) is 37.3 Å². The van der Waals surface area contributed by atoms with Gasteiger partial charge in [0.1, 0.15) is 19.3 Å². The number of aliphatic hydroxyl groups is 1. The van der Waals surface area contributed by atoms with E-state index in [-0.39, 0.29) is 25.7 Å². The highest BCUT2D eigenvalue weighted by atomic mass is 31.2. The lowest BCUT2D eigenvalue weighted by atomic mass is 10.0. The summed E-state index contributed by atoms with van der Waals surface area (Å²) in [7, 11) is -9.98. The van der Waals surface area contributed by atoms with Crippen LogP contribution in [0.4, 0.5) is 0 Å². The Kier molecular flexibility index (Phi) is 69.9. The molecule has 0 aliphatic rings. The summed E-state index contributed by atoms with van der Waals surface area (Å²) in [5, 5.41) is 10.6. The monoisotopic (exact) mass is 1450 g/mol. The van der Waals surface area contributed by atoms with Crippen LogP contribution < -0.4 is 0 Å². The van der Waals surface area contributed by atoms with Gasteiger partial charge >= 0.3 is 39.5 Å². The molecule has 0 radical (unpaired) electrons. The second-order valence-electron chi connectivity index (χ2n) is 25.9. The standard InChI is InChI=1S/C81H140O17P2/c1-5-9-13-17-21-25-29-33-37-41-45-49-53-57-61-65-78(83)91-71-76(97-80(85)67-63-59-55-51-47-43-39-35-31-27-23-19-15-11-7-3)73-95-99(87,88)93-69-75(82)70-94-100(89,90)96-74-77(98-81(86)68-64-60-56-52-48-44-40-36-32-28-24-20-16-12-8-4)72-92-79(84)66-62-58-54-50-46-42-38-34-30-26-22-18-14-10-6-2/h9,11,13,15,21,23,25,27,33-35,37-39,45,47,49,51,75-77,82H,5-8,10,12,14,16-20,22,24,26,28-32,36,40-44,46,48,50,52-74H2,1-4H3,(H,87,88)(H,89,90)/b13-9-,15-11-,25-21-,27-23-,37-33-,38-34-,39-35-,49-45-,51-47-. The van der Waals surface area contributed by atoms with E-state index >= 15 is 0 Å². The Bertz CT molecular complexity index is 2320. The molecule has 0 aromatic rings. The van der Waals surface area contributed by atoms with Crippen molar-refractivity contribution in [3.8, 4) is 0 Å². The summed E-state index contributed by atoms with van der Waals surface area (Å²) in [6.07, 6.45) is 78.0. The van der Waals surface area contributed by atoms with Crippen molar-refractivity contribution in [2.24, 2.45) is 0 Å². The number of hydrogen-bond acceptors (Lipinski definition) is 15. The zero-order valence-electron chi connectivity index (χ0n) is 62.8. The molecule has 0 rings (SSSR count). The average Bonchev–Trinajstić information content (AvgIpc) is 1.01. The third-order valence-electron chi connectivity index (χ3n) is 16.2. The minimum absolute atomic E-state index is 0.0320. The number of ether oxygens (including phenoxy) is 4. The number of rotatable bonds is 73. The molecule has 0 aliphatic heterocycles. The van der Waals surface area contributed by atoms with Gasteiger partial charge in [0.2, 0.25) is 0 Å². The summed E-state index contributed by atoms with van der Waals surface area (Å²) in [4.78, 5) is 72.9. The molecule has 0 aliphatic carbocycles. The van der Waals surface area contributed by atoms with Crippen LogP contribution in [0.2, 0.25) is 0 Å². The van der Waals surface area contributed by atoms with Crippen molar-refractivity contribution >= 4 is 39.5 Å². The number of allylic oxidation sites excluding steroid dienone is 18. The van der Waals surface area contributed by atoms with Gasteiger partial charge in [0, 0.05) is 25.7 Å². The highest BCUT2D eigenvalue weighted by Crippen LogP contribution is 2.45. The number of unbranched alkanes of at least 4 members (excludes halogenated alkanes) is 29. The third-order valence-corrected chi connectivity index (χ3v) is 18.1. The van der Waals surface area contributed by atoms with Crippen molar-refractivity contribution in [2.75, 3.05) is 39.6 Å². The smallest absolute Gasteiger partial charge is 0.462 e. The number of aliphatic hydroxyl groups excluding tert-OH is 1. The van der Waals surface area contributed by atoms with Crippen molar-refractivity contribution in [1.82, 2.24) is 0 Å². The Hall–Kier alpha value is -4.28. The molecule has 0 saturated carbocycles. The average molecular weight is 1450 g/mol. The van der Waals surface area contributed by atoms with Crippen LogP contribution in [0.3, 0.4) is 0 Å². The zero-order chi connectivity index (χ0) is 73.2. The molecule has 576 valence electrons. The highest BCUT2D eigenvalue weighted by Gasteiger charge is 2.30. The van der Waals surface area contributed by atoms with Crippen LogP contribution in [0.15, 0.2) is 109 Å². The molecule has 0 spiro atoms. The lowest BCUT2D eigenvalue weighted by Crippen LogP contribution is -2.30. The SMILES string of the molecule is CC/C=C\C/C=C\C/C=C\C/C=C\CCCCC(=O)OCC(COP(=O)(O)OCC(O)COP(=O)(O)OCC(COC(=O)CCCCCCC/C=C\CCCCCCCC)OC(=O)CCCCCCCCCCCCCCCCC)OC(=O)CCCC/C=C\C/C=C\C/C=C\C/C=C\CC. The highest BCUT2D eigenvalue weighted by molar-refractivity contribution is 7.47. The maximum Gasteiger partial charge on any atom is 0.472 e. The van der Waals surface area contributed by atoms with Gasteiger partial charge in [0.05, 0.1) is 26.4 Å². The minimum Gasteiger partial charge on any atom is -0.462 e. The Morgan fingerprint density at radius 2 is 0.520 bits per heavy atom. The fourth-order valence-corrected chi connectivity index (χ4v) is 11.9. The van der Waals surface area contributed by atoms with Crippen LogP contribution in [-0.4, -0.2) is 96.7 Å². The molecular formula is C81H140O17P2. The van der Waals surface area contributed by atoms with Crippen LogP contribution in [-0.2, 0) is 65.4 Å². The van der Waals surface area contributed by atoms with Gasteiger partial charge in [-0.25, -0.2) is 9.13 Å². The van der Waals surface area contributed by atoms with Crippen molar-refractivity contribution in [3.63, 3.8) is 0 Å². The van der Waals surface area contributed by atoms with Gasteiger partial charge < -0.3 is 33.8 Å². The first-order chi connectivity index (χ1) is 48.7. The van der Waals surface area contributed by atoms with Crippen LogP contribution in [0, 0.1) is 0 Å². The van der Waals surface area contributed by atoms with Gasteiger partial charge in [0.15, 0.2) is 12.2 Å². The summed E-state index contributed by atoms with van der Waals surface area (Å²) < 4.78 is 68.5.